The molecule has 0 radical (unpaired) electrons. The number of aromatic nitrogens is 6. The number of benzene rings is 1. The minimum Gasteiger partial charge on any atom is -0.488 e. The molecule has 0 saturated carbocycles. The van der Waals surface area contributed by atoms with Crippen LogP contribution < -0.4 is 14.8 Å². The van der Waals surface area contributed by atoms with Crippen molar-refractivity contribution < 1.29 is 33.7 Å². The standard InChI is InChI=1S/C23H25N7O7/c1-4-34-23(33)20-27-22(37-29-20)17-10-25-19(11-24-17)36-16-8-14(7-15(9-16)35-13(2)12-31)21(32)26-18-5-6-30(3)28-18/h5-11,13,21,31-32H,4,12H2,1-3H3,(H,26,28)/t13-,21?/m0/s1. The first-order valence-electron chi connectivity index (χ1n) is 11.2. The molecule has 1 aromatic carbocycles. The molecule has 0 bridgehead atoms. The summed E-state index contributed by atoms with van der Waals surface area (Å²) >= 11 is 0. The van der Waals surface area contributed by atoms with Crippen molar-refractivity contribution in [3.63, 3.8) is 0 Å². The van der Waals surface area contributed by atoms with Crippen LogP contribution in [0.2, 0.25) is 0 Å². The zero-order valence-electron chi connectivity index (χ0n) is 20.2. The summed E-state index contributed by atoms with van der Waals surface area (Å²) in [5.74, 6) is 0.306. The van der Waals surface area contributed by atoms with Crippen LogP contribution in [-0.2, 0) is 11.8 Å². The van der Waals surface area contributed by atoms with E-state index in [4.69, 9.17) is 18.7 Å². The highest BCUT2D eigenvalue weighted by atomic mass is 16.5. The summed E-state index contributed by atoms with van der Waals surface area (Å²) in [6.07, 6.45) is 2.78. The van der Waals surface area contributed by atoms with Gasteiger partial charge in [0, 0.05) is 30.9 Å². The van der Waals surface area contributed by atoms with Gasteiger partial charge < -0.3 is 34.3 Å². The third kappa shape index (κ3) is 6.56. The molecule has 3 heterocycles. The van der Waals surface area contributed by atoms with E-state index >= 15 is 0 Å². The van der Waals surface area contributed by atoms with Crippen LogP contribution in [-0.4, -0.2) is 65.4 Å². The quantitative estimate of drug-likeness (QED) is 0.197. The predicted molar refractivity (Wildman–Crippen MR) is 127 cm³/mol. The molecule has 0 saturated heterocycles. The summed E-state index contributed by atoms with van der Waals surface area (Å²) in [5, 5.41) is 30.7. The van der Waals surface area contributed by atoms with Gasteiger partial charge in [0.05, 0.1) is 25.6 Å². The number of aliphatic hydroxyl groups is 2. The molecule has 4 rings (SSSR count). The zero-order chi connectivity index (χ0) is 26.4. The van der Waals surface area contributed by atoms with Gasteiger partial charge in [-0.2, -0.15) is 10.1 Å². The molecule has 1 unspecified atom stereocenters. The molecule has 0 aliphatic rings. The number of nitrogens with zero attached hydrogens (tertiary/aromatic N) is 6. The number of rotatable bonds is 11. The second kappa shape index (κ2) is 11.5. The van der Waals surface area contributed by atoms with Crippen molar-refractivity contribution in [1.82, 2.24) is 29.9 Å². The van der Waals surface area contributed by atoms with E-state index in [-0.39, 0.29) is 36.5 Å². The molecule has 2 atom stereocenters. The summed E-state index contributed by atoms with van der Waals surface area (Å²) in [6.45, 7) is 3.34. The van der Waals surface area contributed by atoms with E-state index in [1.807, 2.05) is 0 Å². The lowest BCUT2D eigenvalue weighted by molar-refractivity contribution is 0.0508. The Balaban J connectivity index is 1.53. The average molecular weight is 511 g/mol. The van der Waals surface area contributed by atoms with Crippen LogP contribution in [0.1, 0.15) is 36.3 Å². The van der Waals surface area contributed by atoms with Crippen LogP contribution in [0.4, 0.5) is 5.82 Å². The SMILES string of the molecule is CCOC(=O)c1noc(-c2cnc(Oc3cc(O[C@@H](C)CO)cc(C(O)Nc4ccn(C)n4)c3)cn2)n1. The van der Waals surface area contributed by atoms with Crippen molar-refractivity contribution in [3.05, 3.63) is 54.2 Å². The molecule has 4 aromatic rings. The Kier molecular flexibility index (Phi) is 7.90. The Morgan fingerprint density at radius 3 is 2.70 bits per heavy atom. The lowest BCUT2D eigenvalue weighted by Crippen LogP contribution is -2.17. The number of anilines is 1. The molecule has 0 fully saturated rings. The molecule has 3 N–H and O–H groups in total. The van der Waals surface area contributed by atoms with Gasteiger partial charge in [0.15, 0.2) is 6.23 Å². The molecule has 14 nitrogen and oxygen atoms in total. The zero-order valence-corrected chi connectivity index (χ0v) is 20.2. The lowest BCUT2D eigenvalue weighted by atomic mass is 10.1. The summed E-state index contributed by atoms with van der Waals surface area (Å²) in [4.78, 5) is 24.1. The fourth-order valence-corrected chi connectivity index (χ4v) is 3.07. The molecule has 14 heteroatoms. The van der Waals surface area contributed by atoms with E-state index in [0.29, 0.717) is 22.9 Å². The van der Waals surface area contributed by atoms with E-state index in [9.17, 15) is 15.0 Å². The van der Waals surface area contributed by atoms with Gasteiger partial charge in [0.25, 0.3) is 11.7 Å². The van der Waals surface area contributed by atoms with Gasteiger partial charge in [-0.25, -0.2) is 14.8 Å². The van der Waals surface area contributed by atoms with E-state index in [2.05, 4.69) is 30.5 Å². The van der Waals surface area contributed by atoms with Gasteiger partial charge in [0.1, 0.15) is 29.1 Å². The smallest absolute Gasteiger partial charge is 0.379 e. The van der Waals surface area contributed by atoms with Crippen molar-refractivity contribution in [1.29, 1.82) is 0 Å². The van der Waals surface area contributed by atoms with Crippen molar-refractivity contribution in [3.8, 4) is 29.0 Å². The van der Waals surface area contributed by atoms with Crippen molar-refractivity contribution in [2.45, 2.75) is 26.2 Å². The van der Waals surface area contributed by atoms with Gasteiger partial charge in [-0.3, -0.25) is 4.68 Å². The minimum absolute atomic E-state index is 0.0125. The van der Waals surface area contributed by atoms with E-state index in [1.54, 1.807) is 56.0 Å². The highest BCUT2D eigenvalue weighted by Gasteiger charge is 2.18. The van der Waals surface area contributed by atoms with Gasteiger partial charge >= 0.3 is 5.97 Å². The van der Waals surface area contributed by atoms with Gasteiger partial charge in [0.2, 0.25) is 5.88 Å². The number of aliphatic hydroxyl groups excluding tert-OH is 2. The Labute approximate surface area is 210 Å². The largest absolute Gasteiger partial charge is 0.488 e. The minimum atomic E-state index is -1.13. The second-order valence-electron chi connectivity index (χ2n) is 7.76. The maximum absolute atomic E-state index is 11.7. The first-order valence-corrected chi connectivity index (χ1v) is 11.2. The van der Waals surface area contributed by atoms with Gasteiger partial charge in [-0.05, 0) is 31.1 Å². The number of nitrogens with one attached hydrogen (secondary N) is 1. The maximum atomic E-state index is 11.7. The lowest BCUT2D eigenvalue weighted by Gasteiger charge is -2.18. The van der Waals surface area contributed by atoms with E-state index < -0.39 is 18.3 Å². The van der Waals surface area contributed by atoms with Crippen LogP contribution in [0, 0.1) is 0 Å². The number of carbonyl (C=O) groups excluding carboxylic acids is 1. The summed E-state index contributed by atoms with van der Waals surface area (Å²) in [7, 11) is 1.76. The molecule has 0 amide bonds. The monoisotopic (exact) mass is 511 g/mol. The number of hydrogen-bond acceptors (Lipinski definition) is 13. The first-order chi connectivity index (χ1) is 17.8. The molecule has 0 aliphatic heterocycles. The average Bonchev–Trinajstić information content (AvgIpc) is 3.54. The highest BCUT2D eigenvalue weighted by Crippen LogP contribution is 2.30. The van der Waals surface area contributed by atoms with Crippen molar-refractivity contribution >= 4 is 11.8 Å². The summed E-state index contributed by atoms with van der Waals surface area (Å²) in [6, 6.07) is 6.51. The number of aryl methyl sites for hydroxylation is 1. The van der Waals surface area contributed by atoms with Crippen LogP contribution in [0.25, 0.3) is 11.6 Å². The Morgan fingerprint density at radius 1 is 1.22 bits per heavy atom. The fourth-order valence-electron chi connectivity index (χ4n) is 3.07. The maximum Gasteiger partial charge on any atom is 0.379 e. The van der Waals surface area contributed by atoms with E-state index in [0.717, 1.165) is 0 Å². The molecular weight excluding hydrogens is 486 g/mol. The highest BCUT2D eigenvalue weighted by molar-refractivity contribution is 5.85. The van der Waals surface area contributed by atoms with Crippen molar-refractivity contribution in [2.24, 2.45) is 7.05 Å². The van der Waals surface area contributed by atoms with Gasteiger partial charge in [-0.1, -0.05) is 0 Å². The molecule has 3 aromatic heterocycles. The van der Waals surface area contributed by atoms with Gasteiger partial charge in [-0.15, -0.1) is 0 Å². The van der Waals surface area contributed by atoms with E-state index in [1.165, 1.54) is 12.4 Å². The van der Waals surface area contributed by atoms with Crippen LogP contribution in [0.3, 0.4) is 0 Å². The number of carbonyl (C=O) groups is 1. The Bertz CT molecular complexity index is 1340. The normalized spacial score (nSPS) is 12.6. The van der Waals surface area contributed by atoms with Crippen LogP contribution >= 0.6 is 0 Å². The summed E-state index contributed by atoms with van der Waals surface area (Å²) < 4.78 is 23.0. The first kappa shape index (κ1) is 25.5. The third-order valence-corrected chi connectivity index (χ3v) is 4.76. The molecule has 0 aliphatic carbocycles. The molecule has 0 spiro atoms. The fraction of sp³-hybridized carbons (Fsp3) is 0.304. The topological polar surface area (TPSA) is 180 Å². The van der Waals surface area contributed by atoms with Crippen LogP contribution in [0.15, 0.2) is 47.4 Å². The Hall–Kier alpha value is -4.56. The third-order valence-electron chi connectivity index (χ3n) is 4.76. The summed E-state index contributed by atoms with van der Waals surface area (Å²) in [5.41, 5.74) is 0.644. The number of esters is 1. The Morgan fingerprint density at radius 2 is 2.03 bits per heavy atom. The second-order valence-corrected chi connectivity index (χ2v) is 7.76. The van der Waals surface area contributed by atoms with Crippen molar-refractivity contribution in [2.75, 3.05) is 18.5 Å². The number of hydrogen-bond donors (Lipinski definition) is 3. The van der Waals surface area contributed by atoms with Crippen LogP contribution in [0.5, 0.6) is 17.4 Å². The predicted octanol–water partition coefficient (Wildman–Crippen LogP) is 2.09. The molecule has 37 heavy (non-hydrogen) atoms. The molecule has 194 valence electrons. The number of ether oxygens (including phenoxy) is 3. The molecular formula is C23H25N7O7.